The summed E-state index contributed by atoms with van der Waals surface area (Å²) in [6.07, 6.45) is -0.638. The highest BCUT2D eigenvalue weighted by Crippen LogP contribution is 2.39. The lowest BCUT2D eigenvalue weighted by Gasteiger charge is -2.27. The third-order valence-corrected chi connectivity index (χ3v) is 4.81. The Morgan fingerprint density at radius 3 is 2.66 bits per heavy atom. The van der Waals surface area contributed by atoms with E-state index in [2.05, 4.69) is 20.3 Å². The number of aromatic nitrogens is 4. The number of carbonyl (C=O) groups excluding carboxylic acids is 1. The van der Waals surface area contributed by atoms with Gasteiger partial charge >= 0.3 is 0 Å². The number of hydrogen-bond acceptors (Lipinski definition) is 8. The topological polar surface area (TPSA) is 143 Å². The number of aliphatic hydroxyl groups excluding tert-OH is 2. The van der Waals surface area contributed by atoms with Crippen molar-refractivity contribution in [2.24, 2.45) is 0 Å². The molecule has 3 aromatic rings. The number of amides is 1. The van der Waals surface area contributed by atoms with E-state index < -0.39 is 30.6 Å². The standard InChI is InChI=1S/C18H19N5O5.H4Si/c1-18(27)13(25)11(7-24)28-17(18)23-9-21-12-14(19-8-20-15(12)23)22-16(26)10-5-3-2-4-6-10;/h2-6,8-9,11,13,17,24-25,27H,7H2,1H3,(H,19,20,22,26);1H4/t11-,13-,17-,18-;/m1./s1. The van der Waals surface area contributed by atoms with Crippen LogP contribution in [-0.4, -0.2) is 76.1 Å². The van der Waals surface area contributed by atoms with Crippen molar-refractivity contribution in [3.8, 4) is 0 Å². The maximum atomic E-state index is 12.4. The lowest BCUT2D eigenvalue weighted by molar-refractivity contribution is -0.0950. The van der Waals surface area contributed by atoms with Gasteiger partial charge in [-0.2, -0.15) is 0 Å². The van der Waals surface area contributed by atoms with Gasteiger partial charge in [-0.3, -0.25) is 9.36 Å². The quantitative estimate of drug-likeness (QED) is 0.381. The molecule has 1 amide bonds. The first kappa shape index (κ1) is 21.0. The minimum absolute atomic E-state index is 0. The van der Waals surface area contributed by atoms with Gasteiger partial charge in [0.2, 0.25) is 0 Å². The van der Waals surface area contributed by atoms with Crippen LogP contribution in [0.15, 0.2) is 43.0 Å². The predicted octanol–water partition coefficient (Wildman–Crippen LogP) is -1.37. The zero-order valence-corrected chi connectivity index (χ0v) is 14.9. The molecule has 11 heteroatoms. The van der Waals surface area contributed by atoms with Gasteiger partial charge in [-0.05, 0) is 30.0 Å². The Labute approximate surface area is 170 Å². The summed E-state index contributed by atoms with van der Waals surface area (Å²) < 4.78 is 7.04. The van der Waals surface area contributed by atoms with Gasteiger partial charge in [0, 0.05) is 5.56 Å². The molecule has 154 valence electrons. The molecule has 0 radical (unpaired) electrons. The number of anilines is 1. The van der Waals surface area contributed by atoms with E-state index in [1.165, 1.54) is 24.1 Å². The SMILES string of the molecule is C[C@@]1(O)[C@H](O)[C@@H](CO)O[C@H]1n1cnc2c(NC(=O)c3ccccc3)ncnc21.[SiH4]. The van der Waals surface area contributed by atoms with Crippen molar-refractivity contribution in [2.75, 3.05) is 11.9 Å². The van der Waals surface area contributed by atoms with E-state index in [0.29, 0.717) is 16.7 Å². The molecule has 0 spiro atoms. The molecule has 0 unspecified atom stereocenters. The number of hydrogen-bond donors (Lipinski definition) is 4. The highest BCUT2D eigenvalue weighted by molar-refractivity contribution is 6.06. The maximum Gasteiger partial charge on any atom is 0.256 e. The van der Waals surface area contributed by atoms with Crippen LogP contribution in [0, 0.1) is 0 Å². The first-order chi connectivity index (χ1) is 13.4. The summed E-state index contributed by atoms with van der Waals surface area (Å²) in [5.74, 6) is -0.149. The van der Waals surface area contributed by atoms with Gasteiger partial charge in [0.05, 0.1) is 12.9 Å². The monoisotopic (exact) mass is 417 g/mol. The van der Waals surface area contributed by atoms with Crippen LogP contribution in [-0.2, 0) is 4.74 Å². The lowest BCUT2D eigenvalue weighted by Crippen LogP contribution is -2.44. The van der Waals surface area contributed by atoms with Crippen molar-refractivity contribution in [2.45, 2.75) is 31.0 Å². The lowest BCUT2D eigenvalue weighted by atomic mass is 9.96. The Kier molecular flexibility index (Phi) is 5.77. The number of fused-ring (bicyclic) bond motifs is 1. The molecule has 0 aliphatic carbocycles. The molecule has 0 saturated carbocycles. The molecule has 1 saturated heterocycles. The normalized spacial score (nSPS) is 26.3. The van der Waals surface area contributed by atoms with Gasteiger partial charge in [0.25, 0.3) is 5.91 Å². The third kappa shape index (κ3) is 3.54. The number of carbonyl (C=O) groups is 1. The van der Waals surface area contributed by atoms with Crippen LogP contribution in [0.5, 0.6) is 0 Å². The van der Waals surface area contributed by atoms with Crippen LogP contribution in [0.2, 0.25) is 0 Å². The number of nitrogens with one attached hydrogen (secondary N) is 1. The highest BCUT2D eigenvalue weighted by Gasteiger charge is 2.53. The molecule has 1 aliphatic rings. The molecule has 4 N–H and O–H groups in total. The molecular weight excluding hydrogens is 394 g/mol. The largest absolute Gasteiger partial charge is 0.394 e. The maximum absolute atomic E-state index is 12.4. The molecule has 10 nitrogen and oxygen atoms in total. The van der Waals surface area contributed by atoms with E-state index >= 15 is 0 Å². The molecule has 4 atom stereocenters. The van der Waals surface area contributed by atoms with E-state index in [9.17, 15) is 20.1 Å². The number of rotatable bonds is 4. The van der Waals surface area contributed by atoms with Crippen molar-refractivity contribution >= 4 is 33.9 Å². The van der Waals surface area contributed by atoms with Crippen molar-refractivity contribution in [1.29, 1.82) is 0 Å². The number of nitrogens with zero attached hydrogens (tertiary/aromatic N) is 4. The Morgan fingerprint density at radius 1 is 1.28 bits per heavy atom. The summed E-state index contributed by atoms with van der Waals surface area (Å²) in [6, 6.07) is 8.66. The Balaban J connectivity index is 0.00000240. The van der Waals surface area contributed by atoms with E-state index in [4.69, 9.17) is 4.74 Å². The minimum Gasteiger partial charge on any atom is -0.394 e. The average Bonchev–Trinajstić information content (AvgIpc) is 3.22. The summed E-state index contributed by atoms with van der Waals surface area (Å²) >= 11 is 0. The fourth-order valence-corrected chi connectivity index (χ4v) is 3.27. The molecule has 1 aliphatic heterocycles. The minimum atomic E-state index is -1.68. The Hall–Kier alpha value is -2.70. The second-order valence-electron chi connectivity index (χ2n) is 6.75. The fraction of sp³-hybridized carbons (Fsp3) is 0.333. The summed E-state index contributed by atoms with van der Waals surface area (Å²) in [5, 5.41) is 32.9. The second-order valence-corrected chi connectivity index (χ2v) is 6.75. The average molecular weight is 417 g/mol. The molecule has 3 heterocycles. The summed E-state index contributed by atoms with van der Waals surface area (Å²) in [7, 11) is 0. The van der Waals surface area contributed by atoms with Gasteiger partial charge in [0.15, 0.2) is 23.2 Å². The van der Waals surface area contributed by atoms with Gasteiger partial charge in [-0.15, -0.1) is 0 Å². The van der Waals surface area contributed by atoms with E-state index in [-0.39, 0.29) is 22.7 Å². The summed E-state index contributed by atoms with van der Waals surface area (Å²) in [6.45, 7) is 0.955. The Morgan fingerprint density at radius 2 is 2.00 bits per heavy atom. The van der Waals surface area contributed by atoms with Crippen molar-refractivity contribution in [3.63, 3.8) is 0 Å². The van der Waals surface area contributed by atoms with Crippen LogP contribution in [0.25, 0.3) is 11.2 Å². The van der Waals surface area contributed by atoms with Crippen LogP contribution in [0.4, 0.5) is 5.82 Å². The third-order valence-electron chi connectivity index (χ3n) is 4.81. The number of ether oxygens (including phenoxy) is 1. The zero-order chi connectivity index (χ0) is 19.9. The van der Waals surface area contributed by atoms with E-state index in [0.717, 1.165) is 0 Å². The van der Waals surface area contributed by atoms with Crippen LogP contribution >= 0.6 is 0 Å². The number of benzene rings is 1. The number of aliphatic hydroxyl groups is 3. The zero-order valence-electron chi connectivity index (χ0n) is 14.9. The van der Waals surface area contributed by atoms with Crippen molar-refractivity contribution < 1.29 is 24.9 Å². The molecule has 4 rings (SSSR count). The summed E-state index contributed by atoms with van der Waals surface area (Å²) in [4.78, 5) is 24.9. The summed E-state index contributed by atoms with van der Waals surface area (Å²) in [5.41, 5.74) is -0.619. The van der Waals surface area contributed by atoms with E-state index in [1.54, 1.807) is 24.3 Å². The molecular formula is C18H23N5O5Si. The molecule has 1 fully saturated rings. The van der Waals surface area contributed by atoms with Crippen LogP contribution < -0.4 is 5.32 Å². The second kappa shape index (κ2) is 7.97. The van der Waals surface area contributed by atoms with E-state index in [1.807, 2.05) is 6.07 Å². The van der Waals surface area contributed by atoms with Gasteiger partial charge in [-0.1, -0.05) is 18.2 Å². The predicted molar refractivity (Wildman–Crippen MR) is 109 cm³/mol. The van der Waals surface area contributed by atoms with Crippen molar-refractivity contribution in [1.82, 2.24) is 19.5 Å². The van der Waals surface area contributed by atoms with Gasteiger partial charge < -0.3 is 25.4 Å². The van der Waals surface area contributed by atoms with Crippen molar-refractivity contribution in [3.05, 3.63) is 48.5 Å². The first-order valence-corrected chi connectivity index (χ1v) is 8.64. The number of imidazole rings is 1. The smallest absolute Gasteiger partial charge is 0.256 e. The Bertz CT molecular complexity index is 1010. The molecule has 1 aromatic carbocycles. The molecule has 2 aromatic heterocycles. The highest BCUT2D eigenvalue weighted by atomic mass is 28.1. The fourth-order valence-electron chi connectivity index (χ4n) is 3.27. The van der Waals surface area contributed by atoms with Crippen LogP contribution in [0.3, 0.4) is 0 Å². The van der Waals surface area contributed by atoms with Gasteiger partial charge in [-0.25, -0.2) is 15.0 Å². The molecule has 0 bridgehead atoms. The van der Waals surface area contributed by atoms with Gasteiger partial charge in [0.1, 0.15) is 24.1 Å². The van der Waals surface area contributed by atoms with Crippen LogP contribution in [0.1, 0.15) is 23.5 Å². The molecule has 29 heavy (non-hydrogen) atoms. The first-order valence-electron chi connectivity index (χ1n) is 8.64.